The highest BCUT2D eigenvalue weighted by molar-refractivity contribution is 7.99. The van der Waals surface area contributed by atoms with Gasteiger partial charge < -0.3 is 19.8 Å². The molecule has 2 N–H and O–H groups in total. The molecule has 1 aliphatic rings. The smallest absolute Gasteiger partial charge is 0.230 e. The summed E-state index contributed by atoms with van der Waals surface area (Å²) in [4.78, 5) is 20.4. The molecule has 0 radical (unpaired) electrons. The lowest BCUT2D eigenvalue weighted by Crippen LogP contribution is -2.33. The number of imidazole rings is 1. The Morgan fingerprint density at radius 3 is 2.76 bits per heavy atom. The molecule has 0 spiro atoms. The van der Waals surface area contributed by atoms with Crippen molar-refractivity contribution in [1.29, 1.82) is 0 Å². The molecule has 0 aliphatic carbocycles. The molecule has 1 aliphatic heterocycles. The Labute approximate surface area is 174 Å². The molecule has 2 heterocycles. The van der Waals surface area contributed by atoms with Crippen LogP contribution < -0.4 is 14.8 Å². The number of ether oxygens (including phenoxy) is 2. The summed E-state index contributed by atoms with van der Waals surface area (Å²) >= 11 is 1.41. The van der Waals surface area contributed by atoms with Crippen LogP contribution in [0.15, 0.2) is 47.6 Å². The molecule has 1 atom stereocenters. The third-order valence-electron chi connectivity index (χ3n) is 4.82. The van der Waals surface area contributed by atoms with Crippen LogP contribution in [-0.4, -0.2) is 34.8 Å². The number of fused-ring (bicyclic) bond motifs is 2. The van der Waals surface area contributed by atoms with Gasteiger partial charge in [0.1, 0.15) is 0 Å². The first-order chi connectivity index (χ1) is 14.1. The zero-order chi connectivity index (χ0) is 20.2. The molecule has 29 heavy (non-hydrogen) atoms. The molecule has 152 valence electrons. The van der Waals surface area contributed by atoms with E-state index in [0.29, 0.717) is 19.0 Å². The number of H-pyrrole nitrogens is 1. The number of benzene rings is 2. The lowest BCUT2D eigenvalue weighted by Gasteiger charge is -2.23. The average molecular weight is 412 g/mol. The number of aromatic amines is 1. The highest BCUT2D eigenvalue weighted by Crippen LogP contribution is 2.34. The lowest BCUT2D eigenvalue weighted by molar-refractivity contribution is -0.119. The Morgan fingerprint density at radius 2 is 1.97 bits per heavy atom. The number of nitrogens with zero attached hydrogens (tertiary/aromatic N) is 1. The number of thioether (sulfide) groups is 1. The summed E-state index contributed by atoms with van der Waals surface area (Å²) < 4.78 is 11.5. The average Bonchev–Trinajstić information content (AvgIpc) is 2.99. The van der Waals surface area contributed by atoms with Crippen LogP contribution >= 0.6 is 11.8 Å². The van der Waals surface area contributed by atoms with Gasteiger partial charge >= 0.3 is 0 Å². The van der Waals surface area contributed by atoms with Crippen molar-refractivity contribution in [2.75, 3.05) is 19.0 Å². The van der Waals surface area contributed by atoms with Crippen LogP contribution in [0.25, 0.3) is 11.0 Å². The van der Waals surface area contributed by atoms with Gasteiger partial charge in [0.15, 0.2) is 16.7 Å². The first-order valence-electron chi connectivity index (χ1n) is 9.86. The standard InChI is InChI=1S/C22H25N3O3S/c1-14(2)21(15-8-9-18-19(12-15)28-11-5-10-27-18)25-20(26)13-29-22-23-16-6-3-4-7-17(16)24-22/h3-4,6-9,12,14,21H,5,10-11,13H2,1-2H3,(H,23,24)(H,25,26)/t21-/m0/s1. The molecule has 0 unspecified atom stereocenters. The fraction of sp³-hybridized carbons (Fsp3) is 0.364. The van der Waals surface area contributed by atoms with E-state index in [0.717, 1.165) is 39.7 Å². The number of carbonyl (C=O) groups excluding carboxylic acids is 1. The molecule has 0 bridgehead atoms. The van der Waals surface area contributed by atoms with E-state index in [1.807, 2.05) is 42.5 Å². The SMILES string of the molecule is CC(C)[C@H](NC(=O)CSc1nc2ccccc2[nH]1)c1ccc2c(c1)OCCCO2. The van der Waals surface area contributed by atoms with Crippen LogP contribution in [0.3, 0.4) is 0 Å². The Kier molecular flexibility index (Phi) is 5.94. The molecule has 6 nitrogen and oxygen atoms in total. The third kappa shape index (κ3) is 4.67. The normalized spacial score (nSPS) is 14.6. The molecule has 3 aromatic rings. The molecule has 0 saturated heterocycles. The first kappa shape index (κ1) is 19.6. The third-order valence-corrected chi connectivity index (χ3v) is 5.69. The van der Waals surface area contributed by atoms with E-state index >= 15 is 0 Å². The summed E-state index contributed by atoms with van der Waals surface area (Å²) in [6.45, 7) is 5.50. The van der Waals surface area contributed by atoms with Gasteiger partial charge in [-0.1, -0.05) is 43.8 Å². The second kappa shape index (κ2) is 8.78. The van der Waals surface area contributed by atoms with E-state index in [1.54, 1.807) is 0 Å². The maximum absolute atomic E-state index is 12.6. The lowest BCUT2D eigenvalue weighted by atomic mass is 9.95. The van der Waals surface area contributed by atoms with Gasteiger partial charge in [-0.3, -0.25) is 4.79 Å². The second-order valence-corrected chi connectivity index (χ2v) is 8.36. The van der Waals surface area contributed by atoms with Gasteiger partial charge in [-0.25, -0.2) is 4.98 Å². The summed E-state index contributed by atoms with van der Waals surface area (Å²) in [6.07, 6.45) is 0.868. The van der Waals surface area contributed by atoms with Gasteiger partial charge in [-0.15, -0.1) is 0 Å². The molecular formula is C22H25N3O3S. The second-order valence-electron chi connectivity index (χ2n) is 7.39. The highest BCUT2D eigenvalue weighted by Gasteiger charge is 2.21. The zero-order valence-electron chi connectivity index (χ0n) is 16.6. The number of hydrogen-bond acceptors (Lipinski definition) is 5. The monoisotopic (exact) mass is 411 g/mol. The van der Waals surface area contributed by atoms with Crippen LogP contribution in [0.1, 0.15) is 31.9 Å². The van der Waals surface area contributed by atoms with Crippen molar-refractivity contribution in [2.45, 2.75) is 31.5 Å². The number of aromatic nitrogens is 2. The van der Waals surface area contributed by atoms with Crippen LogP contribution in [-0.2, 0) is 4.79 Å². The van der Waals surface area contributed by atoms with Gasteiger partial charge in [0.25, 0.3) is 0 Å². The van der Waals surface area contributed by atoms with Gasteiger partial charge in [-0.05, 0) is 35.7 Å². The number of amides is 1. The van der Waals surface area contributed by atoms with Crippen molar-refractivity contribution in [3.8, 4) is 11.5 Å². The molecule has 7 heteroatoms. The molecule has 0 fully saturated rings. The van der Waals surface area contributed by atoms with Gasteiger partial charge in [-0.2, -0.15) is 0 Å². The molecule has 2 aromatic carbocycles. The molecular weight excluding hydrogens is 386 g/mol. The minimum Gasteiger partial charge on any atom is -0.490 e. The maximum Gasteiger partial charge on any atom is 0.230 e. The Bertz CT molecular complexity index is 969. The number of carbonyl (C=O) groups is 1. The van der Waals surface area contributed by atoms with E-state index < -0.39 is 0 Å². The van der Waals surface area contributed by atoms with Crippen molar-refractivity contribution < 1.29 is 14.3 Å². The largest absolute Gasteiger partial charge is 0.490 e. The molecule has 4 rings (SSSR count). The van der Waals surface area contributed by atoms with Crippen LogP contribution in [0.4, 0.5) is 0 Å². The Morgan fingerprint density at radius 1 is 1.17 bits per heavy atom. The predicted molar refractivity (Wildman–Crippen MR) is 115 cm³/mol. The highest BCUT2D eigenvalue weighted by atomic mass is 32.2. The molecule has 1 aromatic heterocycles. The topological polar surface area (TPSA) is 76.2 Å². The van der Waals surface area contributed by atoms with Crippen molar-refractivity contribution in [2.24, 2.45) is 5.92 Å². The fourth-order valence-corrected chi connectivity index (χ4v) is 4.05. The summed E-state index contributed by atoms with van der Waals surface area (Å²) in [5.41, 5.74) is 2.90. The van der Waals surface area contributed by atoms with Gasteiger partial charge in [0.2, 0.25) is 5.91 Å². The minimum atomic E-state index is -0.101. The van der Waals surface area contributed by atoms with Crippen LogP contribution in [0.5, 0.6) is 11.5 Å². The maximum atomic E-state index is 12.6. The van der Waals surface area contributed by atoms with E-state index in [2.05, 4.69) is 29.1 Å². The number of nitrogens with one attached hydrogen (secondary N) is 2. The van der Waals surface area contributed by atoms with Crippen molar-refractivity contribution in [1.82, 2.24) is 15.3 Å². The van der Waals surface area contributed by atoms with E-state index in [-0.39, 0.29) is 17.9 Å². The van der Waals surface area contributed by atoms with Crippen LogP contribution in [0, 0.1) is 5.92 Å². The molecule has 0 saturated carbocycles. The van der Waals surface area contributed by atoms with E-state index in [1.165, 1.54) is 11.8 Å². The number of hydrogen-bond donors (Lipinski definition) is 2. The van der Waals surface area contributed by atoms with E-state index in [4.69, 9.17) is 9.47 Å². The number of para-hydroxylation sites is 2. The van der Waals surface area contributed by atoms with Gasteiger partial charge in [0.05, 0.1) is 36.0 Å². The van der Waals surface area contributed by atoms with Crippen molar-refractivity contribution in [3.63, 3.8) is 0 Å². The van der Waals surface area contributed by atoms with Gasteiger partial charge in [0, 0.05) is 6.42 Å². The van der Waals surface area contributed by atoms with Crippen molar-refractivity contribution in [3.05, 3.63) is 48.0 Å². The summed E-state index contributed by atoms with van der Waals surface area (Å²) in [6, 6.07) is 13.7. The predicted octanol–water partition coefficient (Wildman–Crippen LogP) is 4.33. The quantitative estimate of drug-likeness (QED) is 0.591. The zero-order valence-corrected chi connectivity index (χ0v) is 17.4. The Hall–Kier alpha value is -2.67. The van der Waals surface area contributed by atoms with Crippen molar-refractivity contribution >= 4 is 28.7 Å². The molecule has 1 amide bonds. The summed E-state index contributed by atoms with van der Waals surface area (Å²) in [5.74, 6) is 2.02. The summed E-state index contributed by atoms with van der Waals surface area (Å²) in [5, 5.41) is 3.91. The van der Waals surface area contributed by atoms with E-state index in [9.17, 15) is 4.79 Å². The minimum absolute atomic E-state index is 0.0266. The van der Waals surface area contributed by atoms with Crippen LogP contribution in [0.2, 0.25) is 0 Å². The first-order valence-corrected chi connectivity index (χ1v) is 10.8. The summed E-state index contributed by atoms with van der Waals surface area (Å²) in [7, 11) is 0. The fourth-order valence-electron chi connectivity index (χ4n) is 3.35. The number of rotatable bonds is 6. The Balaban J connectivity index is 1.42.